The Hall–Kier alpha value is -2.76. The van der Waals surface area contributed by atoms with Gasteiger partial charge in [0.2, 0.25) is 5.91 Å². The summed E-state index contributed by atoms with van der Waals surface area (Å²) >= 11 is 0. The largest absolute Gasteiger partial charge is 0.426 e. The molecule has 25 heavy (non-hydrogen) atoms. The van der Waals surface area contributed by atoms with Crippen LogP contribution in [0.3, 0.4) is 0 Å². The molecule has 2 fully saturated rings. The number of para-hydroxylation sites is 1. The van der Waals surface area contributed by atoms with Crippen molar-refractivity contribution in [1.82, 2.24) is 10.2 Å². The van der Waals surface area contributed by atoms with E-state index in [1.807, 2.05) is 30.3 Å². The van der Waals surface area contributed by atoms with Crippen LogP contribution in [-0.2, 0) is 4.79 Å². The maximum Gasteiger partial charge on any atom is 0.290 e. The molecule has 1 aromatic heterocycles. The van der Waals surface area contributed by atoms with Crippen LogP contribution < -0.4 is 10.1 Å². The molecule has 1 aromatic carbocycles. The van der Waals surface area contributed by atoms with Gasteiger partial charge in [0.15, 0.2) is 5.76 Å². The van der Waals surface area contributed by atoms with Crippen LogP contribution in [0, 0.1) is 5.41 Å². The zero-order valence-electron chi connectivity index (χ0n) is 13.9. The molecule has 0 saturated carbocycles. The van der Waals surface area contributed by atoms with Gasteiger partial charge < -0.3 is 19.4 Å². The van der Waals surface area contributed by atoms with Crippen molar-refractivity contribution in [3.63, 3.8) is 0 Å². The molecule has 0 aliphatic carbocycles. The van der Waals surface area contributed by atoms with E-state index < -0.39 is 0 Å². The van der Waals surface area contributed by atoms with Crippen molar-refractivity contribution in [2.24, 2.45) is 5.41 Å². The predicted molar refractivity (Wildman–Crippen MR) is 90.4 cm³/mol. The van der Waals surface area contributed by atoms with E-state index in [0.717, 1.165) is 12.8 Å². The number of hydrogen-bond acceptors (Lipinski definition) is 4. The number of ether oxygens (including phenoxy) is 1. The monoisotopic (exact) mass is 340 g/mol. The molecule has 6 heteroatoms. The van der Waals surface area contributed by atoms with Gasteiger partial charge in [0.25, 0.3) is 11.9 Å². The van der Waals surface area contributed by atoms with Crippen molar-refractivity contribution in [3.8, 4) is 11.7 Å². The highest BCUT2D eigenvalue weighted by Crippen LogP contribution is 2.36. The normalized spacial score (nSPS) is 22.9. The molecule has 130 valence electrons. The van der Waals surface area contributed by atoms with Crippen molar-refractivity contribution >= 4 is 11.8 Å². The van der Waals surface area contributed by atoms with E-state index in [-0.39, 0.29) is 23.0 Å². The summed E-state index contributed by atoms with van der Waals surface area (Å²) in [5.74, 6) is 1.13. The van der Waals surface area contributed by atoms with Gasteiger partial charge in [-0.2, -0.15) is 0 Å². The second kappa shape index (κ2) is 6.27. The van der Waals surface area contributed by atoms with Gasteiger partial charge in [-0.25, -0.2) is 0 Å². The van der Waals surface area contributed by atoms with Crippen molar-refractivity contribution < 1.29 is 18.7 Å². The third-order valence-corrected chi connectivity index (χ3v) is 4.90. The fourth-order valence-corrected chi connectivity index (χ4v) is 3.67. The Bertz CT molecular complexity index is 786. The van der Waals surface area contributed by atoms with Crippen molar-refractivity contribution in [1.29, 1.82) is 0 Å². The van der Waals surface area contributed by atoms with E-state index in [1.54, 1.807) is 17.0 Å². The molecule has 2 amide bonds. The van der Waals surface area contributed by atoms with Gasteiger partial charge in [0, 0.05) is 37.5 Å². The zero-order valence-corrected chi connectivity index (χ0v) is 13.9. The van der Waals surface area contributed by atoms with Crippen LogP contribution in [-0.4, -0.2) is 36.3 Å². The summed E-state index contributed by atoms with van der Waals surface area (Å²) in [4.78, 5) is 26.1. The van der Waals surface area contributed by atoms with Crippen LogP contribution >= 0.6 is 0 Å². The third-order valence-electron chi connectivity index (χ3n) is 4.90. The van der Waals surface area contributed by atoms with E-state index in [4.69, 9.17) is 9.15 Å². The Balaban J connectivity index is 1.45. The number of benzene rings is 1. The number of likely N-dealkylation sites (tertiary alicyclic amines) is 1. The van der Waals surface area contributed by atoms with E-state index in [2.05, 4.69) is 5.32 Å². The standard InChI is InChI=1S/C19H20N2O4/c22-16-11-19(12-20-16)9-4-10-21(13-19)18(23)15-7-8-17(25-15)24-14-5-2-1-3-6-14/h1-3,5-8H,4,9-13H2,(H,20,22). The van der Waals surface area contributed by atoms with Crippen molar-refractivity contribution in [2.45, 2.75) is 19.3 Å². The Morgan fingerprint density at radius 3 is 2.80 bits per heavy atom. The lowest BCUT2D eigenvalue weighted by molar-refractivity contribution is -0.119. The molecule has 1 spiro atoms. The number of furan rings is 1. The van der Waals surface area contributed by atoms with Crippen LogP contribution in [0.1, 0.15) is 29.8 Å². The smallest absolute Gasteiger partial charge is 0.290 e. The molecule has 1 N–H and O–H groups in total. The van der Waals surface area contributed by atoms with E-state index in [9.17, 15) is 9.59 Å². The zero-order chi connectivity index (χ0) is 17.3. The number of carbonyl (C=O) groups is 2. The highest BCUT2D eigenvalue weighted by molar-refractivity contribution is 5.92. The quantitative estimate of drug-likeness (QED) is 0.933. The first-order valence-electron chi connectivity index (χ1n) is 8.52. The van der Waals surface area contributed by atoms with Crippen LogP contribution in [0.2, 0.25) is 0 Å². The summed E-state index contributed by atoms with van der Waals surface area (Å²) < 4.78 is 11.2. The minimum Gasteiger partial charge on any atom is -0.426 e. The van der Waals surface area contributed by atoms with Gasteiger partial charge in [-0.15, -0.1) is 0 Å². The average Bonchev–Trinajstić information content (AvgIpc) is 3.22. The Labute approximate surface area is 145 Å². The lowest BCUT2D eigenvalue weighted by Crippen LogP contribution is -2.47. The summed E-state index contributed by atoms with van der Waals surface area (Å²) in [5.41, 5.74) is -0.124. The molecule has 2 aliphatic heterocycles. The van der Waals surface area contributed by atoms with Crippen molar-refractivity contribution in [3.05, 3.63) is 48.2 Å². The molecule has 2 saturated heterocycles. The number of nitrogens with one attached hydrogen (secondary N) is 1. The number of nitrogens with zero attached hydrogens (tertiary/aromatic N) is 1. The molecule has 3 heterocycles. The minimum absolute atomic E-state index is 0.0749. The molecule has 1 atom stereocenters. The summed E-state index contributed by atoms with van der Waals surface area (Å²) in [6.07, 6.45) is 2.36. The fourth-order valence-electron chi connectivity index (χ4n) is 3.67. The number of amides is 2. The first kappa shape index (κ1) is 15.7. The summed E-state index contributed by atoms with van der Waals surface area (Å²) in [6.45, 7) is 1.92. The number of rotatable bonds is 3. The highest BCUT2D eigenvalue weighted by Gasteiger charge is 2.43. The first-order chi connectivity index (χ1) is 12.1. The molecule has 1 unspecified atom stereocenters. The predicted octanol–water partition coefficient (Wildman–Crippen LogP) is 2.81. The lowest BCUT2D eigenvalue weighted by Gasteiger charge is -2.38. The van der Waals surface area contributed by atoms with E-state index in [1.165, 1.54) is 0 Å². The second-order valence-electron chi connectivity index (χ2n) is 6.82. The van der Waals surface area contributed by atoms with Crippen LogP contribution in [0.4, 0.5) is 0 Å². The topological polar surface area (TPSA) is 71.8 Å². The summed E-state index contributed by atoms with van der Waals surface area (Å²) in [5, 5.41) is 2.89. The minimum atomic E-state index is -0.152. The molecule has 2 aromatic rings. The molecular weight excluding hydrogens is 320 g/mol. The maximum absolute atomic E-state index is 12.8. The molecule has 0 bridgehead atoms. The van der Waals surface area contributed by atoms with Crippen LogP contribution in [0.5, 0.6) is 11.7 Å². The number of carbonyl (C=O) groups excluding carboxylic acids is 2. The molecule has 2 aliphatic rings. The Morgan fingerprint density at radius 2 is 2.04 bits per heavy atom. The summed E-state index contributed by atoms with van der Waals surface area (Å²) in [7, 11) is 0. The number of piperidine rings is 1. The summed E-state index contributed by atoms with van der Waals surface area (Å²) in [6, 6.07) is 12.6. The highest BCUT2D eigenvalue weighted by atomic mass is 16.6. The average molecular weight is 340 g/mol. The Kier molecular flexibility index (Phi) is 3.95. The Morgan fingerprint density at radius 1 is 1.20 bits per heavy atom. The van der Waals surface area contributed by atoms with Gasteiger partial charge in [-0.1, -0.05) is 18.2 Å². The van der Waals surface area contributed by atoms with Crippen molar-refractivity contribution in [2.75, 3.05) is 19.6 Å². The van der Waals surface area contributed by atoms with Gasteiger partial charge in [-0.3, -0.25) is 9.59 Å². The van der Waals surface area contributed by atoms with Gasteiger partial charge in [0.05, 0.1) is 0 Å². The fraction of sp³-hybridized carbons (Fsp3) is 0.368. The molecule has 4 rings (SSSR count). The SMILES string of the molecule is O=C1CC2(CCCN(C(=O)c3ccc(Oc4ccccc4)o3)C2)CN1. The first-order valence-corrected chi connectivity index (χ1v) is 8.52. The molecule has 0 radical (unpaired) electrons. The third kappa shape index (κ3) is 3.24. The number of hydrogen-bond donors (Lipinski definition) is 1. The van der Waals surface area contributed by atoms with Gasteiger partial charge >= 0.3 is 0 Å². The lowest BCUT2D eigenvalue weighted by atomic mass is 9.79. The maximum atomic E-state index is 12.8. The van der Waals surface area contributed by atoms with Crippen LogP contribution in [0.25, 0.3) is 0 Å². The molecule has 6 nitrogen and oxygen atoms in total. The molecular formula is C19H20N2O4. The van der Waals surface area contributed by atoms with Gasteiger partial charge in [0.1, 0.15) is 5.75 Å². The van der Waals surface area contributed by atoms with E-state index in [0.29, 0.717) is 37.8 Å². The van der Waals surface area contributed by atoms with Crippen LogP contribution in [0.15, 0.2) is 46.9 Å². The van der Waals surface area contributed by atoms with Gasteiger partial charge in [-0.05, 0) is 31.0 Å². The second-order valence-corrected chi connectivity index (χ2v) is 6.82. The van der Waals surface area contributed by atoms with E-state index >= 15 is 0 Å².